The molecule has 0 radical (unpaired) electrons. The minimum atomic E-state index is 0.726. The van der Waals surface area contributed by atoms with Crippen LogP contribution in [0.1, 0.15) is 31.7 Å². The van der Waals surface area contributed by atoms with Crippen LogP contribution in [0.2, 0.25) is 5.02 Å². The SMILES string of the molecule is CCCCCN(N)Cc1ccccc1Cl. The predicted octanol–water partition coefficient (Wildman–Crippen LogP) is 3.21. The van der Waals surface area contributed by atoms with Gasteiger partial charge < -0.3 is 0 Å². The first-order valence-electron chi connectivity index (χ1n) is 5.47. The van der Waals surface area contributed by atoms with Crippen LogP contribution in [0, 0.1) is 0 Å². The van der Waals surface area contributed by atoms with E-state index in [1.807, 2.05) is 29.3 Å². The van der Waals surface area contributed by atoms with Gasteiger partial charge in [-0.05, 0) is 18.1 Å². The molecule has 0 aliphatic rings. The Morgan fingerprint density at radius 1 is 1.27 bits per heavy atom. The van der Waals surface area contributed by atoms with Crippen molar-refractivity contribution in [1.29, 1.82) is 0 Å². The van der Waals surface area contributed by atoms with E-state index in [2.05, 4.69) is 6.92 Å². The van der Waals surface area contributed by atoms with Crippen LogP contribution in [-0.4, -0.2) is 11.6 Å². The maximum atomic E-state index is 6.05. The molecular formula is C12H19ClN2. The van der Waals surface area contributed by atoms with Gasteiger partial charge in [0.1, 0.15) is 0 Å². The lowest BCUT2D eigenvalue weighted by Gasteiger charge is -2.16. The molecule has 3 heteroatoms. The van der Waals surface area contributed by atoms with Crippen molar-refractivity contribution >= 4 is 11.6 Å². The predicted molar refractivity (Wildman–Crippen MR) is 65.6 cm³/mol. The van der Waals surface area contributed by atoms with E-state index in [1.165, 1.54) is 12.8 Å². The highest BCUT2D eigenvalue weighted by Crippen LogP contribution is 2.15. The topological polar surface area (TPSA) is 29.3 Å². The summed E-state index contributed by atoms with van der Waals surface area (Å²) in [5.41, 5.74) is 1.10. The van der Waals surface area contributed by atoms with Crippen LogP contribution in [0.5, 0.6) is 0 Å². The molecule has 0 aliphatic carbocycles. The van der Waals surface area contributed by atoms with Crippen molar-refractivity contribution in [2.75, 3.05) is 6.54 Å². The van der Waals surface area contributed by atoms with Gasteiger partial charge in [0.25, 0.3) is 0 Å². The monoisotopic (exact) mass is 226 g/mol. The highest BCUT2D eigenvalue weighted by atomic mass is 35.5. The molecule has 1 aromatic carbocycles. The molecule has 15 heavy (non-hydrogen) atoms. The molecule has 2 nitrogen and oxygen atoms in total. The first kappa shape index (κ1) is 12.5. The fourth-order valence-corrected chi connectivity index (χ4v) is 1.68. The van der Waals surface area contributed by atoms with Crippen LogP contribution >= 0.6 is 11.6 Å². The van der Waals surface area contributed by atoms with Gasteiger partial charge in [0.2, 0.25) is 0 Å². The zero-order chi connectivity index (χ0) is 11.1. The third-order valence-electron chi connectivity index (χ3n) is 2.38. The molecule has 0 aliphatic heterocycles. The van der Waals surface area contributed by atoms with Gasteiger partial charge in [-0.3, -0.25) is 5.84 Å². The molecule has 84 valence electrons. The maximum absolute atomic E-state index is 6.05. The van der Waals surface area contributed by atoms with Gasteiger partial charge in [0, 0.05) is 18.1 Å². The van der Waals surface area contributed by atoms with E-state index < -0.39 is 0 Å². The third-order valence-corrected chi connectivity index (χ3v) is 2.75. The number of hydrogen-bond acceptors (Lipinski definition) is 2. The molecule has 1 aromatic rings. The van der Waals surface area contributed by atoms with Crippen molar-refractivity contribution in [2.45, 2.75) is 32.7 Å². The molecule has 0 aromatic heterocycles. The summed E-state index contributed by atoms with van der Waals surface area (Å²) in [5.74, 6) is 5.89. The highest BCUT2D eigenvalue weighted by molar-refractivity contribution is 6.31. The number of nitrogens with zero attached hydrogens (tertiary/aromatic N) is 1. The van der Waals surface area contributed by atoms with Gasteiger partial charge in [-0.2, -0.15) is 0 Å². The van der Waals surface area contributed by atoms with E-state index in [9.17, 15) is 0 Å². The molecule has 2 N–H and O–H groups in total. The van der Waals surface area contributed by atoms with Crippen LogP contribution < -0.4 is 5.84 Å². The fourth-order valence-electron chi connectivity index (χ4n) is 1.49. The van der Waals surface area contributed by atoms with Crippen LogP contribution in [0.3, 0.4) is 0 Å². The number of nitrogens with two attached hydrogens (primary N) is 1. The molecule has 0 atom stereocenters. The second kappa shape index (κ2) is 6.83. The van der Waals surface area contributed by atoms with Gasteiger partial charge in [-0.25, -0.2) is 5.01 Å². The Labute approximate surface area is 97.0 Å². The van der Waals surface area contributed by atoms with Gasteiger partial charge in [-0.15, -0.1) is 0 Å². The lowest BCUT2D eigenvalue weighted by atomic mass is 10.2. The van der Waals surface area contributed by atoms with Crippen LogP contribution in [-0.2, 0) is 6.54 Å². The Kier molecular flexibility index (Phi) is 5.69. The molecule has 1 rings (SSSR count). The second-order valence-corrected chi connectivity index (χ2v) is 4.18. The lowest BCUT2D eigenvalue weighted by Crippen LogP contribution is -2.31. The summed E-state index contributed by atoms with van der Waals surface area (Å²) in [6.07, 6.45) is 3.60. The lowest BCUT2D eigenvalue weighted by molar-refractivity contribution is 0.268. The number of halogens is 1. The van der Waals surface area contributed by atoms with Crippen LogP contribution in [0.15, 0.2) is 24.3 Å². The van der Waals surface area contributed by atoms with Crippen LogP contribution in [0.4, 0.5) is 0 Å². The number of unbranched alkanes of at least 4 members (excludes halogenated alkanes) is 2. The highest BCUT2D eigenvalue weighted by Gasteiger charge is 2.03. The molecule has 0 amide bonds. The Morgan fingerprint density at radius 3 is 2.67 bits per heavy atom. The van der Waals surface area contributed by atoms with Crippen molar-refractivity contribution in [3.05, 3.63) is 34.9 Å². The number of hydrogen-bond donors (Lipinski definition) is 1. The average Bonchev–Trinajstić information content (AvgIpc) is 2.22. The summed E-state index contributed by atoms with van der Waals surface area (Å²) in [6, 6.07) is 7.84. The van der Waals surface area contributed by atoms with Crippen molar-refractivity contribution in [1.82, 2.24) is 5.01 Å². The van der Waals surface area contributed by atoms with Crippen molar-refractivity contribution in [3.63, 3.8) is 0 Å². The van der Waals surface area contributed by atoms with E-state index in [0.29, 0.717) is 0 Å². The van der Waals surface area contributed by atoms with Gasteiger partial charge >= 0.3 is 0 Å². The number of rotatable bonds is 6. The van der Waals surface area contributed by atoms with Crippen LogP contribution in [0.25, 0.3) is 0 Å². The minimum Gasteiger partial charge on any atom is -0.268 e. The summed E-state index contributed by atoms with van der Waals surface area (Å²) in [4.78, 5) is 0. The van der Waals surface area contributed by atoms with Crippen molar-refractivity contribution in [3.8, 4) is 0 Å². The minimum absolute atomic E-state index is 0.726. The normalized spacial score (nSPS) is 10.9. The fraction of sp³-hybridized carbons (Fsp3) is 0.500. The zero-order valence-electron chi connectivity index (χ0n) is 9.25. The number of hydrazine groups is 1. The molecule has 0 saturated carbocycles. The van der Waals surface area contributed by atoms with E-state index >= 15 is 0 Å². The molecular weight excluding hydrogens is 208 g/mol. The molecule has 0 spiro atoms. The summed E-state index contributed by atoms with van der Waals surface area (Å²) in [5, 5.41) is 2.63. The first-order chi connectivity index (χ1) is 7.24. The Hall–Kier alpha value is -0.570. The molecule has 0 bridgehead atoms. The Balaban J connectivity index is 2.37. The van der Waals surface area contributed by atoms with Crippen molar-refractivity contribution in [2.24, 2.45) is 5.84 Å². The average molecular weight is 227 g/mol. The summed E-state index contributed by atoms with van der Waals surface area (Å²) in [6.45, 7) is 3.84. The summed E-state index contributed by atoms with van der Waals surface area (Å²) in [7, 11) is 0. The second-order valence-electron chi connectivity index (χ2n) is 3.77. The molecule has 0 fully saturated rings. The molecule has 0 heterocycles. The summed E-state index contributed by atoms with van der Waals surface area (Å²) >= 11 is 6.05. The zero-order valence-corrected chi connectivity index (χ0v) is 10.0. The van der Waals surface area contributed by atoms with E-state index in [4.69, 9.17) is 17.4 Å². The third kappa shape index (κ3) is 4.65. The quantitative estimate of drug-likeness (QED) is 0.459. The summed E-state index contributed by atoms with van der Waals surface area (Å²) < 4.78 is 0. The van der Waals surface area contributed by atoms with E-state index in [0.717, 1.165) is 30.1 Å². The number of benzene rings is 1. The standard InChI is InChI=1S/C12H19ClN2/c1-2-3-6-9-15(14)10-11-7-4-5-8-12(11)13/h4-5,7-8H,2-3,6,9-10,14H2,1H3. The van der Waals surface area contributed by atoms with Gasteiger partial charge in [0.15, 0.2) is 0 Å². The van der Waals surface area contributed by atoms with E-state index in [1.54, 1.807) is 0 Å². The maximum Gasteiger partial charge on any atom is 0.0451 e. The van der Waals surface area contributed by atoms with Gasteiger partial charge in [-0.1, -0.05) is 49.6 Å². The largest absolute Gasteiger partial charge is 0.268 e. The van der Waals surface area contributed by atoms with Gasteiger partial charge in [0.05, 0.1) is 0 Å². The Bertz CT molecular complexity index is 289. The van der Waals surface area contributed by atoms with E-state index in [-0.39, 0.29) is 0 Å². The first-order valence-corrected chi connectivity index (χ1v) is 5.85. The molecule has 0 unspecified atom stereocenters. The Morgan fingerprint density at radius 2 is 2.00 bits per heavy atom. The smallest absolute Gasteiger partial charge is 0.0451 e. The van der Waals surface area contributed by atoms with Crippen molar-refractivity contribution < 1.29 is 0 Å². The molecule has 0 saturated heterocycles.